The molecule has 0 spiro atoms. The van der Waals surface area contributed by atoms with Crippen LogP contribution in [0.25, 0.3) is 0 Å². The van der Waals surface area contributed by atoms with Crippen LogP contribution in [0.5, 0.6) is 0 Å². The Morgan fingerprint density at radius 1 is 1.38 bits per heavy atom. The predicted octanol–water partition coefficient (Wildman–Crippen LogP) is 0.574. The minimum atomic E-state index is -1.00. The Kier molecular flexibility index (Phi) is 5.81. The molecule has 0 heterocycles. The quantitative estimate of drug-likeness (QED) is 0.645. The number of alkyl carbamates (subject to hydrolysis) is 1. The molecule has 0 saturated carbocycles. The molecule has 0 aliphatic heterocycles. The molecular formula is C10H20N2O4. The van der Waals surface area contributed by atoms with Crippen LogP contribution in [-0.2, 0) is 9.53 Å². The van der Waals surface area contributed by atoms with Gasteiger partial charge in [0.05, 0.1) is 0 Å². The first kappa shape index (κ1) is 14.7. The smallest absolute Gasteiger partial charge is 0.407 e. The Morgan fingerprint density at radius 3 is 2.31 bits per heavy atom. The Labute approximate surface area is 95.4 Å². The van der Waals surface area contributed by atoms with E-state index in [1.54, 1.807) is 27.7 Å². The van der Waals surface area contributed by atoms with Crippen molar-refractivity contribution in [3.8, 4) is 0 Å². The molecule has 6 heteroatoms. The number of carbonyl (C=O) groups excluding carboxylic acids is 1. The fraction of sp³-hybridized carbons (Fsp3) is 0.800. The number of likely N-dealkylation sites (N-methyl/N-ethyl adjacent to an activating group) is 1. The van der Waals surface area contributed by atoms with Gasteiger partial charge in [-0.2, -0.15) is 0 Å². The lowest BCUT2D eigenvalue weighted by atomic mass is 10.2. The van der Waals surface area contributed by atoms with Gasteiger partial charge in [0, 0.05) is 6.54 Å². The Balaban J connectivity index is 4.01. The number of hydrogen-bond donors (Lipinski definition) is 3. The van der Waals surface area contributed by atoms with Crippen molar-refractivity contribution in [1.82, 2.24) is 10.6 Å². The summed E-state index contributed by atoms with van der Waals surface area (Å²) in [6.45, 7) is 7.54. The number of carboxylic acids is 1. The van der Waals surface area contributed by atoms with Crippen molar-refractivity contribution >= 4 is 12.1 Å². The van der Waals surface area contributed by atoms with Gasteiger partial charge in [0.1, 0.15) is 11.6 Å². The maximum Gasteiger partial charge on any atom is 0.407 e. The van der Waals surface area contributed by atoms with Gasteiger partial charge in [-0.25, -0.2) is 4.79 Å². The molecule has 0 saturated heterocycles. The van der Waals surface area contributed by atoms with E-state index in [0.717, 1.165) is 0 Å². The summed E-state index contributed by atoms with van der Waals surface area (Å²) in [5.74, 6) is -1.00. The normalized spacial score (nSPS) is 13.0. The number of carbonyl (C=O) groups is 2. The van der Waals surface area contributed by atoms with Crippen molar-refractivity contribution in [3.63, 3.8) is 0 Å². The van der Waals surface area contributed by atoms with Crippen LogP contribution in [0.2, 0.25) is 0 Å². The van der Waals surface area contributed by atoms with E-state index >= 15 is 0 Å². The van der Waals surface area contributed by atoms with E-state index in [0.29, 0.717) is 6.54 Å². The van der Waals surface area contributed by atoms with Crippen LogP contribution in [0.3, 0.4) is 0 Å². The summed E-state index contributed by atoms with van der Waals surface area (Å²) < 4.78 is 4.98. The van der Waals surface area contributed by atoms with E-state index in [1.165, 1.54) is 0 Å². The van der Waals surface area contributed by atoms with Gasteiger partial charge in [-0.3, -0.25) is 4.79 Å². The maximum absolute atomic E-state index is 11.2. The highest BCUT2D eigenvalue weighted by Gasteiger charge is 2.20. The fourth-order valence-electron chi connectivity index (χ4n) is 0.993. The van der Waals surface area contributed by atoms with Crippen molar-refractivity contribution in [1.29, 1.82) is 0 Å². The topological polar surface area (TPSA) is 87.7 Å². The minimum absolute atomic E-state index is 0.00190. The highest BCUT2D eigenvalue weighted by atomic mass is 16.6. The summed E-state index contributed by atoms with van der Waals surface area (Å²) in [6, 6.07) is -0.794. The van der Waals surface area contributed by atoms with Gasteiger partial charge in [0.25, 0.3) is 0 Å². The highest BCUT2D eigenvalue weighted by Crippen LogP contribution is 2.06. The average molecular weight is 232 g/mol. The van der Waals surface area contributed by atoms with Gasteiger partial charge in [0.2, 0.25) is 0 Å². The van der Waals surface area contributed by atoms with Crippen LogP contribution < -0.4 is 10.6 Å². The number of ether oxygens (including phenoxy) is 1. The molecule has 1 amide bonds. The lowest BCUT2D eigenvalue weighted by Crippen LogP contribution is -2.46. The molecule has 6 nitrogen and oxygen atoms in total. The Morgan fingerprint density at radius 2 is 1.94 bits per heavy atom. The predicted molar refractivity (Wildman–Crippen MR) is 59.3 cm³/mol. The van der Waals surface area contributed by atoms with E-state index in [-0.39, 0.29) is 6.54 Å². The zero-order chi connectivity index (χ0) is 12.8. The molecule has 0 aromatic carbocycles. The summed E-state index contributed by atoms with van der Waals surface area (Å²) in [4.78, 5) is 22.0. The lowest BCUT2D eigenvalue weighted by Gasteiger charge is -2.21. The molecule has 1 atom stereocenters. The fourth-order valence-corrected chi connectivity index (χ4v) is 0.993. The average Bonchev–Trinajstić information content (AvgIpc) is 2.08. The number of carboxylic acid groups (broad SMARTS) is 1. The van der Waals surface area contributed by atoms with Gasteiger partial charge in [-0.1, -0.05) is 6.92 Å². The molecule has 0 rings (SSSR count). The van der Waals surface area contributed by atoms with E-state index < -0.39 is 23.7 Å². The summed E-state index contributed by atoms with van der Waals surface area (Å²) in [5, 5.41) is 13.9. The van der Waals surface area contributed by atoms with E-state index in [9.17, 15) is 9.59 Å². The van der Waals surface area contributed by atoms with E-state index in [2.05, 4.69) is 10.6 Å². The summed E-state index contributed by atoms with van der Waals surface area (Å²) in [5.41, 5.74) is -0.582. The number of hydrogen-bond acceptors (Lipinski definition) is 4. The molecule has 0 aromatic heterocycles. The minimum Gasteiger partial charge on any atom is -0.480 e. The van der Waals surface area contributed by atoms with Gasteiger partial charge in [-0.05, 0) is 27.3 Å². The summed E-state index contributed by atoms with van der Waals surface area (Å²) >= 11 is 0. The Bertz CT molecular complexity index is 248. The molecule has 0 unspecified atom stereocenters. The third-order valence-electron chi connectivity index (χ3n) is 1.60. The first-order chi connectivity index (χ1) is 7.26. The van der Waals surface area contributed by atoms with Crippen LogP contribution in [-0.4, -0.2) is 41.9 Å². The van der Waals surface area contributed by atoms with Crippen molar-refractivity contribution in [2.24, 2.45) is 0 Å². The first-order valence-electron chi connectivity index (χ1n) is 5.19. The zero-order valence-electron chi connectivity index (χ0n) is 10.2. The third-order valence-corrected chi connectivity index (χ3v) is 1.60. The second-order valence-corrected chi connectivity index (χ2v) is 4.33. The van der Waals surface area contributed by atoms with Gasteiger partial charge in [-0.15, -0.1) is 0 Å². The van der Waals surface area contributed by atoms with Crippen molar-refractivity contribution in [2.75, 3.05) is 13.1 Å². The van der Waals surface area contributed by atoms with E-state index in [4.69, 9.17) is 9.84 Å². The molecule has 16 heavy (non-hydrogen) atoms. The lowest BCUT2D eigenvalue weighted by molar-refractivity contribution is -0.139. The Hall–Kier alpha value is -1.30. The molecule has 0 bridgehead atoms. The van der Waals surface area contributed by atoms with Gasteiger partial charge < -0.3 is 20.5 Å². The molecule has 0 aromatic rings. The third kappa shape index (κ3) is 7.05. The van der Waals surface area contributed by atoms with Crippen LogP contribution in [0.4, 0.5) is 4.79 Å². The number of nitrogens with one attached hydrogen (secondary N) is 2. The molecule has 0 aliphatic rings. The van der Waals surface area contributed by atoms with Crippen molar-refractivity contribution in [2.45, 2.75) is 39.3 Å². The summed E-state index contributed by atoms with van der Waals surface area (Å²) in [7, 11) is 0. The van der Waals surface area contributed by atoms with E-state index in [1.807, 2.05) is 0 Å². The van der Waals surface area contributed by atoms with Gasteiger partial charge in [0.15, 0.2) is 0 Å². The summed E-state index contributed by atoms with van der Waals surface area (Å²) in [6.07, 6.45) is -0.614. The maximum atomic E-state index is 11.2. The number of aliphatic carboxylic acids is 1. The highest BCUT2D eigenvalue weighted by molar-refractivity contribution is 5.75. The molecular weight excluding hydrogens is 212 g/mol. The number of rotatable bonds is 5. The zero-order valence-corrected chi connectivity index (χ0v) is 10.2. The monoisotopic (exact) mass is 232 g/mol. The van der Waals surface area contributed by atoms with Crippen LogP contribution >= 0.6 is 0 Å². The SMILES string of the molecule is CCN[C@@H](CNC(=O)OC(C)(C)C)C(=O)O. The van der Waals surface area contributed by atoms with Crippen molar-refractivity contribution < 1.29 is 19.4 Å². The van der Waals surface area contributed by atoms with Gasteiger partial charge >= 0.3 is 12.1 Å². The second-order valence-electron chi connectivity index (χ2n) is 4.33. The molecule has 3 N–H and O–H groups in total. The molecule has 0 fully saturated rings. The molecule has 94 valence electrons. The second kappa shape index (κ2) is 6.32. The first-order valence-corrected chi connectivity index (χ1v) is 5.19. The van der Waals surface area contributed by atoms with Crippen LogP contribution in [0.1, 0.15) is 27.7 Å². The number of amides is 1. The largest absolute Gasteiger partial charge is 0.480 e. The van der Waals surface area contributed by atoms with Crippen LogP contribution in [0.15, 0.2) is 0 Å². The van der Waals surface area contributed by atoms with Crippen LogP contribution in [0, 0.1) is 0 Å². The van der Waals surface area contributed by atoms with Crippen molar-refractivity contribution in [3.05, 3.63) is 0 Å². The molecule has 0 aliphatic carbocycles. The standard InChI is InChI=1S/C10H20N2O4/c1-5-11-7(8(13)14)6-12-9(15)16-10(2,3)4/h7,11H,5-6H2,1-4H3,(H,12,15)(H,13,14)/t7-/m0/s1. The molecule has 0 radical (unpaired) electrons.